The Morgan fingerprint density at radius 1 is 0.649 bits per heavy atom. The number of hydrogen-bond donors (Lipinski definition) is 0. The highest BCUT2D eigenvalue weighted by atomic mass is 16.6. The van der Waals surface area contributed by atoms with Gasteiger partial charge in [-0.3, -0.25) is 19.2 Å². The molecule has 0 saturated carbocycles. The summed E-state index contributed by atoms with van der Waals surface area (Å²) in [7, 11) is 5.24. The highest BCUT2D eigenvalue weighted by molar-refractivity contribution is 5.98. The normalized spacial score (nSPS) is 10.5. The van der Waals surface area contributed by atoms with Crippen molar-refractivity contribution < 1.29 is 52.0 Å². The zero-order valence-electron chi connectivity index (χ0n) is 21.1. The second kappa shape index (κ2) is 10.9. The van der Waals surface area contributed by atoms with Crippen molar-refractivity contribution >= 4 is 28.9 Å². The third kappa shape index (κ3) is 5.13. The molecule has 12 heteroatoms. The Morgan fingerprint density at radius 2 is 1.19 bits per heavy atom. The van der Waals surface area contributed by atoms with Gasteiger partial charge in [0.15, 0.2) is 28.6 Å². The molecule has 3 aromatic rings. The van der Waals surface area contributed by atoms with Crippen LogP contribution in [0.15, 0.2) is 27.4 Å². The van der Waals surface area contributed by atoms with Crippen molar-refractivity contribution in [1.82, 2.24) is 0 Å². The van der Waals surface area contributed by atoms with Gasteiger partial charge in [0, 0.05) is 26.3 Å². The van der Waals surface area contributed by atoms with E-state index in [9.17, 15) is 19.2 Å². The summed E-state index contributed by atoms with van der Waals surface area (Å²) in [4.78, 5) is 49.1. The molecule has 0 radical (unpaired) electrons. The Morgan fingerprint density at radius 3 is 1.70 bits per heavy atom. The second-order valence-corrected chi connectivity index (χ2v) is 7.37. The van der Waals surface area contributed by atoms with Crippen LogP contribution in [0.1, 0.15) is 20.8 Å². The van der Waals surface area contributed by atoms with Crippen LogP contribution in [0, 0.1) is 0 Å². The lowest BCUT2D eigenvalue weighted by Crippen LogP contribution is -2.16. The maximum Gasteiger partial charge on any atom is 0.308 e. The molecule has 0 saturated heterocycles. The Bertz CT molecular complexity index is 1450. The third-order valence-corrected chi connectivity index (χ3v) is 4.91. The van der Waals surface area contributed by atoms with Crippen molar-refractivity contribution in [2.75, 3.05) is 28.4 Å². The van der Waals surface area contributed by atoms with Gasteiger partial charge in [-0.15, -0.1) is 0 Å². The topological polar surface area (TPSA) is 146 Å². The number of fused-ring (bicyclic) bond motifs is 1. The molecule has 0 bridgehead atoms. The van der Waals surface area contributed by atoms with E-state index in [4.69, 9.17) is 37.6 Å². The summed E-state index contributed by atoms with van der Waals surface area (Å²) >= 11 is 0. The van der Waals surface area contributed by atoms with Gasteiger partial charge < -0.3 is 37.6 Å². The van der Waals surface area contributed by atoms with Crippen molar-refractivity contribution in [1.29, 1.82) is 0 Å². The van der Waals surface area contributed by atoms with E-state index < -0.39 is 29.1 Å². The lowest BCUT2D eigenvalue weighted by Gasteiger charge is -2.19. The van der Waals surface area contributed by atoms with Gasteiger partial charge in [-0.2, -0.15) is 0 Å². The van der Waals surface area contributed by atoms with Crippen LogP contribution in [-0.4, -0.2) is 46.3 Å². The van der Waals surface area contributed by atoms with E-state index >= 15 is 0 Å². The largest absolute Gasteiger partial charge is 0.493 e. The Balaban J connectivity index is 2.52. The van der Waals surface area contributed by atoms with Crippen LogP contribution in [0.4, 0.5) is 0 Å². The molecule has 0 aliphatic rings. The van der Waals surface area contributed by atoms with Gasteiger partial charge in [0.1, 0.15) is 5.39 Å². The highest BCUT2D eigenvalue weighted by Gasteiger charge is 2.32. The predicted octanol–water partition coefficient (Wildman–Crippen LogP) is 3.27. The van der Waals surface area contributed by atoms with Gasteiger partial charge in [0.25, 0.3) is 0 Å². The van der Waals surface area contributed by atoms with Crippen LogP contribution in [-0.2, 0) is 14.4 Å². The van der Waals surface area contributed by atoms with Crippen molar-refractivity contribution in [3.63, 3.8) is 0 Å². The minimum absolute atomic E-state index is 0.0223. The maximum atomic E-state index is 13.8. The van der Waals surface area contributed by atoms with Gasteiger partial charge in [0.05, 0.1) is 28.4 Å². The van der Waals surface area contributed by atoms with Crippen LogP contribution < -0.4 is 38.6 Å². The van der Waals surface area contributed by atoms with Gasteiger partial charge in [-0.25, -0.2) is 0 Å². The summed E-state index contributed by atoms with van der Waals surface area (Å²) in [5.41, 5.74) is -0.839. The number of carbonyl (C=O) groups is 3. The first kappa shape index (κ1) is 26.9. The minimum Gasteiger partial charge on any atom is -0.493 e. The fraction of sp³-hybridized carbons (Fsp3) is 0.280. The zero-order chi connectivity index (χ0) is 27.4. The number of hydrogen-bond acceptors (Lipinski definition) is 12. The molecule has 0 spiro atoms. The number of ether oxygens (including phenoxy) is 7. The lowest BCUT2D eigenvalue weighted by molar-refractivity contribution is -0.133. The van der Waals surface area contributed by atoms with Gasteiger partial charge in [-0.05, 0) is 18.2 Å². The molecule has 3 rings (SSSR count). The van der Waals surface area contributed by atoms with E-state index in [1.807, 2.05) is 0 Å². The first-order valence-electron chi connectivity index (χ1n) is 10.6. The molecule has 37 heavy (non-hydrogen) atoms. The Hall–Kier alpha value is -4.74. The first-order chi connectivity index (χ1) is 17.6. The SMILES string of the molecule is COc1cc(-c2oc3c(OC)c(OC)c(OC)c(OC(C)=O)c3c(=O)c2OC(C)=O)ccc1OC(C)=O. The predicted molar refractivity (Wildman–Crippen MR) is 128 cm³/mol. The molecule has 12 nitrogen and oxygen atoms in total. The molecule has 0 aliphatic heterocycles. The molecule has 0 fully saturated rings. The minimum atomic E-state index is -0.870. The number of methoxy groups -OCH3 is 4. The van der Waals surface area contributed by atoms with Crippen LogP contribution in [0.3, 0.4) is 0 Å². The molecular formula is C25H24O12. The molecule has 1 heterocycles. The van der Waals surface area contributed by atoms with Gasteiger partial charge in [-0.1, -0.05) is 0 Å². The fourth-order valence-corrected chi connectivity index (χ4v) is 3.58. The number of rotatable bonds is 8. The van der Waals surface area contributed by atoms with E-state index in [1.165, 1.54) is 53.6 Å². The van der Waals surface area contributed by atoms with Crippen molar-refractivity contribution in [2.45, 2.75) is 20.8 Å². The van der Waals surface area contributed by atoms with E-state index in [2.05, 4.69) is 0 Å². The van der Waals surface area contributed by atoms with Crippen LogP contribution >= 0.6 is 0 Å². The molecule has 196 valence electrons. The fourth-order valence-electron chi connectivity index (χ4n) is 3.58. The number of benzene rings is 2. The van der Waals surface area contributed by atoms with Crippen molar-refractivity contribution in [3.05, 3.63) is 28.4 Å². The number of carbonyl (C=O) groups excluding carboxylic acids is 3. The summed E-state index contributed by atoms with van der Waals surface area (Å²) in [6.45, 7) is 3.45. The summed E-state index contributed by atoms with van der Waals surface area (Å²) in [6.07, 6.45) is 0. The monoisotopic (exact) mass is 516 g/mol. The van der Waals surface area contributed by atoms with Gasteiger partial charge >= 0.3 is 17.9 Å². The Labute approximate surface area is 210 Å². The number of esters is 3. The van der Waals surface area contributed by atoms with E-state index in [1.54, 1.807) is 0 Å². The highest BCUT2D eigenvalue weighted by Crippen LogP contribution is 2.51. The van der Waals surface area contributed by atoms with E-state index in [-0.39, 0.29) is 56.8 Å². The van der Waals surface area contributed by atoms with E-state index in [0.29, 0.717) is 0 Å². The first-order valence-corrected chi connectivity index (χ1v) is 10.6. The summed E-state index contributed by atoms with van der Waals surface area (Å²) in [5.74, 6) is -3.15. The third-order valence-electron chi connectivity index (χ3n) is 4.91. The van der Waals surface area contributed by atoms with Crippen molar-refractivity contribution in [2.24, 2.45) is 0 Å². The smallest absolute Gasteiger partial charge is 0.308 e. The standard InChI is InChI=1S/C25H24O12/c1-11(26)34-15-9-8-14(10-16(15)30-4)19-22(36-13(3)28)18(29)17-20(35-12(2)27)23(31-5)25(33-7)24(32-6)21(17)37-19/h8-10H,1-7H3. The molecule has 0 unspecified atom stereocenters. The molecule has 1 aromatic heterocycles. The quantitative estimate of drug-likeness (QED) is 0.320. The molecule has 2 aromatic carbocycles. The second-order valence-electron chi connectivity index (χ2n) is 7.37. The lowest BCUT2D eigenvalue weighted by atomic mass is 10.1. The van der Waals surface area contributed by atoms with Crippen molar-refractivity contribution in [3.8, 4) is 51.6 Å². The average molecular weight is 516 g/mol. The molecule has 0 N–H and O–H groups in total. The summed E-state index contributed by atoms with van der Waals surface area (Å²) in [6, 6.07) is 4.28. The molecule has 0 amide bonds. The van der Waals surface area contributed by atoms with Crippen LogP contribution in [0.25, 0.3) is 22.3 Å². The molecular weight excluding hydrogens is 492 g/mol. The zero-order valence-corrected chi connectivity index (χ0v) is 21.1. The van der Waals surface area contributed by atoms with E-state index in [0.717, 1.165) is 13.8 Å². The summed E-state index contributed by atoms with van der Waals surface area (Å²) in [5, 5.41) is -0.298. The van der Waals surface area contributed by atoms with Crippen LogP contribution in [0.5, 0.6) is 40.2 Å². The van der Waals surface area contributed by atoms with Crippen LogP contribution in [0.2, 0.25) is 0 Å². The Kier molecular flexibility index (Phi) is 7.91. The van der Waals surface area contributed by atoms with Gasteiger partial charge in [0.2, 0.25) is 28.4 Å². The maximum absolute atomic E-state index is 13.8. The average Bonchev–Trinajstić information content (AvgIpc) is 2.84. The molecule has 0 aliphatic carbocycles. The molecule has 0 atom stereocenters. The summed E-state index contributed by atoms with van der Waals surface area (Å²) < 4.78 is 43.3.